The van der Waals surface area contributed by atoms with Crippen LogP contribution < -0.4 is 10.9 Å². The van der Waals surface area contributed by atoms with E-state index >= 15 is 0 Å². The normalized spacial score (nSPS) is 14.6. The van der Waals surface area contributed by atoms with Crippen molar-refractivity contribution in [3.63, 3.8) is 0 Å². The van der Waals surface area contributed by atoms with Gasteiger partial charge in [-0.25, -0.2) is 9.67 Å². The van der Waals surface area contributed by atoms with E-state index in [-0.39, 0.29) is 34.2 Å². The molecule has 0 aromatic carbocycles. The van der Waals surface area contributed by atoms with E-state index in [1.54, 1.807) is 14.0 Å². The fraction of sp³-hybridized carbons (Fsp3) is 0.524. The lowest BCUT2D eigenvalue weighted by atomic mass is 10.1. The van der Waals surface area contributed by atoms with Crippen LogP contribution in [0.2, 0.25) is 0 Å². The molecule has 0 unspecified atom stereocenters. The summed E-state index contributed by atoms with van der Waals surface area (Å²) in [6.07, 6.45) is 6.54. The lowest BCUT2D eigenvalue weighted by molar-refractivity contribution is 0.102. The number of nitrogens with zero attached hydrogens (tertiary/aromatic N) is 4. The molecule has 0 bridgehead atoms. The third-order valence-corrected chi connectivity index (χ3v) is 5.60. The molecule has 4 rings (SSSR count). The molecule has 0 saturated heterocycles. The predicted molar refractivity (Wildman–Crippen MR) is 112 cm³/mol. The van der Waals surface area contributed by atoms with Gasteiger partial charge in [0.25, 0.3) is 11.5 Å². The average Bonchev–Trinajstić information content (AvgIpc) is 3.42. The van der Waals surface area contributed by atoms with Crippen LogP contribution in [0.5, 0.6) is 0 Å². The van der Waals surface area contributed by atoms with E-state index in [4.69, 9.17) is 9.15 Å². The Morgan fingerprint density at radius 3 is 2.83 bits per heavy atom. The highest BCUT2D eigenvalue weighted by Gasteiger charge is 2.26. The number of nitrogens with one attached hydrogen (secondary N) is 1. The van der Waals surface area contributed by atoms with E-state index in [9.17, 15) is 9.59 Å². The minimum Gasteiger partial charge on any atom is -0.442 e. The zero-order valence-corrected chi connectivity index (χ0v) is 17.6. The van der Waals surface area contributed by atoms with Gasteiger partial charge in [0.2, 0.25) is 5.71 Å². The van der Waals surface area contributed by atoms with Crippen LogP contribution in [0.25, 0.3) is 11.1 Å². The molecule has 1 aliphatic rings. The Labute approximate surface area is 174 Å². The molecule has 160 valence electrons. The SMILES string of the molecule is COCCCn1cnc2oc(C)c(C(=O)Nc3cc(C)nn3C3CCCC3)c2c1=O. The molecule has 1 aliphatic carbocycles. The molecule has 1 saturated carbocycles. The second kappa shape index (κ2) is 8.43. The Kier molecular flexibility index (Phi) is 5.72. The topological polar surface area (TPSA) is 104 Å². The van der Waals surface area contributed by atoms with Gasteiger partial charge in [0, 0.05) is 26.3 Å². The van der Waals surface area contributed by atoms with Gasteiger partial charge < -0.3 is 14.5 Å². The van der Waals surface area contributed by atoms with E-state index in [1.807, 2.05) is 17.7 Å². The van der Waals surface area contributed by atoms with Crippen molar-refractivity contribution < 1.29 is 13.9 Å². The van der Waals surface area contributed by atoms with Gasteiger partial charge in [-0.2, -0.15) is 5.10 Å². The fourth-order valence-corrected chi connectivity index (χ4v) is 4.17. The average molecular weight is 413 g/mol. The van der Waals surface area contributed by atoms with E-state index in [0.717, 1.165) is 31.4 Å². The Morgan fingerprint density at radius 1 is 1.33 bits per heavy atom. The first-order chi connectivity index (χ1) is 14.5. The van der Waals surface area contributed by atoms with Crippen molar-refractivity contribution in [2.75, 3.05) is 19.0 Å². The van der Waals surface area contributed by atoms with Crippen molar-refractivity contribution in [1.29, 1.82) is 0 Å². The minimum absolute atomic E-state index is 0.172. The number of aryl methyl sites for hydroxylation is 3. The number of furan rings is 1. The van der Waals surface area contributed by atoms with Crippen molar-refractivity contribution >= 4 is 22.8 Å². The highest BCUT2D eigenvalue weighted by Crippen LogP contribution is 2.32. The van der Waals surface area contributed by atoms with E-state index < -0.39 is 0 Å². The van der Waals surface area contributed by atoms with Gasteiger partial charge >= 0.3 is 0 Å². The monoisotopic (exact) mass is 413 g/mol. The number of amides is 1. The molecule has 1 amide bonds. The largest absolute Gasteiger partial charge is 0.442 e. The summed E-state index contributed by atoms with van der Waals surface area (Å²) < 4.78 is 14.1. The molecule has 3 heterocycles. The molecule has 9 heteroatoms. The predicted octanol–water partition coefficient (Wildman–Crippen LogP) is 3.21. The van der Waals surface area contributed by atoms with Gasteiger partial charge in [-0.05, 0) is 33.1 Å². The summed E-state index contributed by atoms with van der Waals surface area (Å²) >= 11 is 0. The highest BCUT2D eigenvalue weighted by atomic mass is 16.5. The molecule has 1 fully saturated rings. The van der Waals surface area contributed by atoms with Crippen LogP contribution in [-0.2, 0) is 11.3 Å². The molecule has 0 radical (unpaired) electrons. The number of hydrogen-bond acceptors (Lipinski definition) is 6. The number of rotatable bonds is 7. The summed E-state index contributed by atoms with van der Waals surface area (Å²) in [6.45, 7) is 4.56. The van der Waals surface area contributed by atoms with Gasteiger partial charge in [0.1, 0.15) is 23.3 Å². The number of carbonyl (C=O) groups excluding carboxylic acids is 1. The zero-order valence-electron chi connectivity index (χ0n) is 17.6. The summed E-state index contributed by atoms with van der Waals surface area (Å²) in [7, 11) is 1.62. The maximum atomic E-state index is 13.2. The second-order valence-corrected chi connectivity index (χ2v) is 7.81. The number of aromatic nitrogens is 4. The van der Waals surface area contributed by atoms with Crippen molar-refractivity contribution in [3.8, 4) is 0 Å². The molecule has 3 aromatic heterocycles. The third-order valence-electron chi connectivity index (χ3n) is 5.60. The van der Waals surface area contributed by atoms with Crippen LogP contribution in [0.1, 0.15) is 60.0 Å². The van der Waals surface area contributed by atoms with Crippen molar-refractivity contribution in [1.82, 2.24) is 19.3 Å². The summed E-state index contributed by atoms with van der Waals surface area (Å²) in [6, 6.07) is 2.14. The number of ether oxygens (including phenoxy) is 1. The van der Waals surface area contributed by atoms with Crippen molar-refractivity contribution in [2.45, 2.75) is 58.5 Å². The van der Waals surface area contributed by atoms with Crippen LogP contribution >= 0.6 is 0 Å². The van der Waals surface area contributed by atoms with Crippen LogP contribution in [0.15, 0.2) is 21.6 Å². The quantitative estimate of drug-likeness (QED) is 0.597. The number of hydrogen-bond donors (Lipinski definition) is 1. The molecule has 1 N–H and O–H groups in total. The van der Waals surface area contributed by atoms with Crippen LogP contribution in [0, 0.1) is 13.8 Å². The van der Waals surface area contributed by atoms with Crippen molar-refractivity contribution in [3.05, 3.63) is 39.8 Å². The Balaban J connectivity index is 1.67. The maximum Gasteiger partial charge on any atom is 0.265 e. The lowest BCUT2D eigenvalue weighted by Crippen LogP contribution is -2.24. The van der Waals surface area contributed by atoms with E-state index in [2.05, 4.69) is 15.4 Å². The van der Waals surface area contributed by atoms with Crippen LogP contribution in [-0.4, -0.2) is 39.0 Å². The van der Waals surface area contributed by atoms with Gasteiger partial charge in [0.05, 0.1) is 17.3 Å². The van der Waals surface area contributed by atoms with Crippen molar-refractivity contribution in [2.24, 2.45) is 0 Å². The molecule has 9 nitrogen and oxygen atoms in total. The number of anilines is 1. The highest BCUT2D eigenvalue weighted by molar-refractivity contribution is 6.12. The zero-order chi connectivity index (χ0) is 21.3. The summed E-state index contributed by atoms with van der Waals surface area (Å²) in [4.78, 5) is 30.5. The first-order valence-electron chi connectivity index (χ1n) is 10.3. The molecule has 30 heavy (non-hydrogen) atoms. The number of methoxy groups -OCH3 is 1. The second-order valence-electron chi connectivity index (χ2n) is 7.81. The summed E-state index contributed by atoms with van der Waals surface area (Å²) in [5, 5.41) is 7.72. The van der Waals surface area contributed by atoms with Gasteiger partial charge in [0.15, 0.2) is 0 Å². The molecular formula is C21H27N5O4. The molecule has 3 aromatic rings. The number of carbonyl (C=O) groups is 1. The van der Waals surface area contributed by atoms with Gasteiger partial charge in [-0.3, -0.25) is 14.2 Å². The van der Waals surface area contributed by atoms with Gasteiger partial charge in [-0.1, -0.05) is 12.8 Å². The lowest BCUT2D eigenvalue weighted by Gasteiger charge is -2.14. The third kappa shape index (κ3) is 3.77. The maximum absolute atomic E-state index is 13.2. The fourth-order valence-electron chi connectivity index (χ4n) is 4.17. The Morgan fingerprint density at radius 2 is 2.10 bits per heavy atom. The Bertz CT molecular complexity index is 1120. The van der Waals surface area contributed by atoms with Gasteiger partial charge in [-0.15, -0.1) is 0 Å². The molecule has 0 spiro atoms. The summed E-state index contributed by atoms with van der Waals surface area (Å²) in [5.41, 5.74) is 0.943. The standard InChI is InChI=1S/C21H27N5O4/c1-13-11-16(26(24-13)15-7-4-5-8-15)23-19(27)17-14(2)30-20-18(17)21(28)25(12-22-20)9-6-10-29-3/h11-12,15H,4-10H2,1-3H3,(H,23,27). The Hall–Kier alpha value is -2.94. The van der Waals surface area contributed by atoms with Crippen LogP contribution in [0.4, 0.5) is 5.82 Å². The first-order valence-corrected chi connectivity index (χ1v) is 10.3. The number of fused-ring (bicyclic) bond motifs is 1. The van der Waals surface area contributed by atoms with E-state index in [1.165, 1.54) is 10.9 Å². The summed E-state index contributed by atoms with van der Waals surface area (Å²) in [5.74, 6) is 0.617. The molecule has 0 aliphatic heterocycles. The smallest absolute Gasteiger partial charge is 0.265 e. The molecule has 0 atom stereocenters. The molecular weight excluding hydrogens is 386 g/mol. The first kappa shape index (κ1) is 20.3. The minimum atomic E-state index is -0.390. The van der Waals surface area contributed by atoms with Crippen LogP contribution in [0.3, 0.4) is 0 Å². The van der Waals surface area contributed by atoms with E-state index in [0.29, 0.717) is 31.2 Å².